The molecule has 0 aromatic carbocycles. The van der Waals surface area contributed by atoms with E-state index in [1.807, 2.05) is 11.9 Å². The van der Waals surface area contributed by atoms with E-state index < -0.39 is 16.1 Å². The fourth-order valence-electron chi connectivity index (χ4n) is 2.31. The summed E-state index contributed by atoms with van der Waals surface area (Å²) in [5.41, 5.74) is 0.653. The van der Waals surface area contributed by atoms with Crippen LogP contribution in [-0.4, -0.2) is 73.9 Å². The maximum atomic E-state index is 11.7. The SMILES string of the molecule is Cc1nc([C@H]2CN(S(C)(=O)=O)CCO2)cc(N(C)CCO)n1. The third-order valence-corrected chi connectivity index (χ3v) is 4.77. The number of nitrogens with zero attached hydrogens (tertiary/aromatic N) is 4. The van der Waals surface area contributed by atoms with E-state index in [0.29, 0.717) is 37.0 Å². The molecule has 1 aliphatic heterocycles. The molecule has 1 atom stereocenters. The molecule has 0 bridgehead atoms. The predicted octanol–water partition coefficient (Wildman–Crippen LogP) is -0.454. The maximum absolute atomic E-state index is 11.7. The van der Waals surface area contributed by atoms with Crippen LogP contribution in [0.1, 0.15) is 17.6 Å². The van der Waals surface area contributed by atoms with Crippen LogP contribution in [0.25, 0.3) is 0 Å². The lowest BCUT2D eigenvalue weighted by molar-refractivity contribution is -0.00485. The summed E-state index contributed by atoms with van der Waals surface area (Å²) in [7, 11) is -1.42. The van der Waals surface area contributed by atoms with Crippen molar-refractivity contribution in [2.45, 2.75) is 13.0 Å². The third kappa shape index (κ3) is 4.13. The number of rotatable bonds is 5. The van der Waals surface area contributed by atoms with Crippen LogP contribution in [0.5, 0.6) is 0 Å². The van der Waals surface area contributed by atoms with Crippen LogP contribution in [0, 0.1) is 6.92 Å². The topological polar surface area (TPSA) is 95.9 Å². The highest BCUT2D eigenvalue weighted by atomic mass is 32.2. The zero-order chi connectivity index (χ0) is 16.3. The molecule has 2 heterocycles. The van der Waals surface area contributed by atoms with Crippen molar-refractivity contribution in [2.75, 3.05) is 51.1 Å². The van der Waals surface area contributed by atoms with Gasteiger partial charge < -0.3 is 14.7 Å². The van der Waals surface area contributed by atoms with Crippen molar-refractivity contribution in [3.05, 3.63) is 17.6 Å². The fraction of sp³-hybridized carbons (Fsp3) is 0.692. The molecule has 0 radical (unpaired) electrons. The Kier molecular flexibility index (Phi) is 5.32. The Morgan fingerprint density at radius 3 is 2.86 bits per heavy atom. The largest absolute Gasteiger partial charge is 0.395 e. The van der Waals surface area contributed by atoms with Gasteiger partial charge in [0.25, 0.3) is 0 Å². The van der Waals surface area contributed by atoms with Crippen molar-refractivity contribution in [3.8, 4) is 0 Å². The van der Waals surface area contributed by atoms with E-state index in [1.165, 1.54) is 10.6 Å². The first kappa shape index (κ1) is 17.1. The van der Waals surface area contributed by atoms with Crippen LogP contribution in [0.3, 0.4) is 0 Å². The number of likely N-dealkylation sites (N-methyl/N-ethyl adjacent to an activating group) is 1. The Labute approximate surface area is 130 Å². The predicted molar refractivity (Wildman–Crippen MR) is 82.2 cm³/mol. The molecule has 9 heteroatoms. The van der Waals surface area contributed by atoms with Gasteiger partial charge in [-0.3, -0.25) is 0 Å². The van der Waals surface area contributed by atoms with E-state index >= 15 is 0 Å². The molecule has 1 fully saturated rings. The molecule has 1 aliphatic rings. The van der Waals surface area contributed by atoms with Gasteiger partial charge in [0.05, 0.1) is 25.2 Å². The van der Waals surface area contributed by atoms with E-state index in [4.69, 9.17) is 9.84 Å². The van der Waals surface area contributed by atoms with Crippen molar-refractivity contribution in [1.29, 1.82) is 0 Å². The van der Waals surface area contributed by atoms with Crippen molar-refractivity contribution in [2.24, 2.45) is 0 Å². The molecule has 1 saturated heterocycles. The monoisotopic (exact) mass is 330 g/mol. The molecular weight excluding hydrogens is 308 g/mol. The van der Waals surface area contributed by atoms with Gasteiger partial charge in [-0.25, -0.2) is 18.4 Å². The molecule has 1 N–H and O–H groups in total. The molecule has 22 heavy (non-hydrogen) atoms. The zero-order valence-corrected chi connectivity index (χ0v) is 13.9. The van der Waals surface area contributed by atoms with Gasteiger partial charge in [0.15, 0.2) is 0 Å². The van der Waals surface area contributed by atoms with Crippen LogP contribution >= 0.6 is 0 Å². The van der Waals surface area contributed by atoms with Gasteiger partial charge in [0, 0.05) is 32.7 Å². The summed E-state index contributed by atoms with van der Waals surface area (Å²) >= 11 is 0. The molecule has 124 valence electrons. The second-order valence-corrected chi connectivity index (χ2v) is 7.31. The summed E-state index contributed by atoms with van der Waals surface area (Å²) in [5, 5.41) is 9.03. The molecule has 0 amide bonds. The number of ether oxygens (including phenoxy) is 1. The second-order valence-electron chi connectivity index (χ2n) is 5.32. The minimum Gasteiger partial charge on any atom is -0.395 e. The Bertz CT molecular complexity index is 622. The number of aliphatic hydroxyl groups is 1. The lowest BCUT2D eigenvalue weighted by Crippen LogP contribution is -2.42. The summed E-state index contributed by atoms with van der Waals surface area (Å²) in [6, 6.07) is 1.78. The van der Waals surface area contributed by atoms with E-state index in [1.54, 1.807) is 13.0 Å². The summed E-state index contributed by atoms with van der Waals surface area (Å²) in [5.74, 6) is 1.26. The van der Waals surface area contributed by atoms with Crippen molar-refractivity contribution in [1.82, 2.24) is 14.3 Å². The highest BCUT2D eigenvalue weighted by Crippen LogP contribution is 2.24. The van der Waals surface area contributed by atoms with Crippen molar-refractivity contribution < 1.29 is 18.3 Å². The zero-order valence-electron chi connectivity index (χ0n) is 13.1. The van der Waals surface area contributed by atoms with Gasteiger partial charge in [-0.05, 0) is 6.92 Å². The fourth-order valence-corrected chi connectivity index (χ4v) is 3.12. The molecule has 8 nitrogen and oxygen atoms in total. The first-order chi connectivity index (χ1) is 10.3. The van der Waals surface area contributed by atoms with E-state index in [2.05, 4.69) is 9.97 Å². The molecular formula is C13H22N4O4S. The first-order valence-corrected chi connectivity index (χ1v) is 8.90. The molecule has 2 rings (SSSR count). The number of anilines is 1. The highest BCUT2D eigenvalue weighted by Gasteiger charge is 2.29. The van der Waals surface area contributed by atoms with Crippen LogP contribution < -0.4 is 4.90 Å². The van der Waals surface area contributed by atoms with Crippen molar-refractivity contribution >= 4 is 15.8 Å². The van der Waals surface area contributed by atoms with Crippen LogP contribution in [-0.2, 0) is 14.8 Å². The molecule has 1 aromatic rings. The number of aliphatic hydroxyl groups excluding tert-OH is 1. The summed E-state index contributed by atoms with van der Waals surface area (Å²) in [6.07, 6.45) is 0.785. The summed E-state index contributed by atoms with van der Waals surface area (Å²) < 4.78 is 30.5. The van der Waals surface area contributed by atoms with Gasteiger partial charge in [-0.2, -0.15) is 4.31 Å². The van der Waals surface area contributed by atoms with Gasteiger partial charge >= 0.3 is 0 Å². The Morgan fingerprint density at radius 1 is 1.50 bits per heavy atom. The smallest absolute Gasteiger partial charge is 0.211 e. The summed E-state index contributed by atoms with van der Waals surface area (Å²) in [4.78, 5) is 10.5. The minimum atomic E-state index is -3.25. The average Bonchev–Trinajstić information content (AvgIpc) is 2.46. The minimum absolute atomic E-state index is 0.0245. The number of morpholine rings is 1. The molecule has 0 aliphatic carbocycles. The van der Waals surface area contributed by atoms with Crippen LogP contribution in [0.2, 0.25) is 0 Å². The van der Waals surface area contributed by atoms with Crippen LogP contribution in [0.4, 0.5) is 5.82 Å². The van der Waals surface area contributed by atoms with Gasteiger partial charge in [-0.15, -0.1) is 0 Å². The Hall–Kier alpha value is -1.29. The molecule has 0 unspecified atom stereocenters. The second kappa shape index (κ2) is 6.86. The number of aryl methyl sites for hydroxylation is 1. The number of hydrogen-bond donors (Lipinski definition) is 1. The standard InChI is InChI=1S/C13H22N4O4S/c1-10-14-11(8-13(15-10)16(2)4-6-18)12-9-17(5-7-21-12)22(3,19)20/h8,12,18H,4-7,9H2,1-3H3/t12-/m1/s1. The lowest BCUT2D eigenvalue weighted by atomic mass is 10.2. The van der Waals surface area contributed by atoms with Crippen LogP contribution in [0.15, 0.2) is 6.07 Å². The van der Waals surface area contributed by atoms with E-state index in [0.717, 1.165) is 0 Å². The highest BCUT2D eigenvalue weighted by molar-refractivity contribution is 7.88. The molecule has 0 saturated carbocycles. The molecule has 1 aromatic heterocycles. The number of sulfonamides is 1. The van der Waals surface area contributed by atoms with E-state index in [-0.39, 0.29) is 13.2 Å². The van der Waals surface area contributed by atoms with Crippen molar-refractivity contribution in [3.63, 3.8) is 0 Å². The normalized spacial score (nSPS) is 20.1. The summed E-state index contributed by atoms with van der Waals surface area (Å²) in [6.45, 7) is 3.20. The maximum Gasteiger partial charge on any atom is 0.211 e. The third-order valence-electron chi connectivity index (χ3n) is 3.50. The quantitative estimate of drug-likeness (QED) is 0.781. The average molecular weight is 330 g/mol. The van der Waals surface area contributed by atoms with Gasteiger partial charge in [0.2, 0.25) is 10.0 Å². The lowest BCUT2D eigenvalue weighted by Gasteiger charge is -2.31. The number of aromatic nitrogens is 2. The first-order valence-electron chi connectivity index (χ1n) is 7.05. The van der Waals surface area contributed by atoms with E-state index in [9.17, 15) is 8.42 Å². The Morgan fingerprint density at radius 2 is 2.23 bits per heavy atom. The van der Waals surface area contributed by atoms with Gasteiger partial charge in [0.1, 0.15) is 17.7 Å². The van der Waals surface area contributed by atoms with Gasteiger partial charge in [-0.1, -0.05) is 0 Å². The number of hydrogen-bond acceptors (Lipinski definition) is 7. The molecule has 0 spiro atoms. The Balaban J connectivity index is 2.24.